The third-order valence-corrected chi connectivity index (χ3v) is 5.25. The van der Waals surface area contributed by atoms with Crippen LogP contribution in [0, 0.1) is 0 Å². The normalized spacial score (nSPS) is 16.3. The zero-order valence-corrected chi connectivity index (χ0v) is 16.0. The Balaban J connectivity index is 1.57. The van der Waals surface area contributed by atoms with Crippen molar-refractivity contribution in [1.29, 1.82) is 0 Å². The van der Waals surface area contributed by atoms with E-state index < -0.39 is 5.97 Å². The van der Waals surface area contributed by atoms with Crippen LogP contribution in [0.25, 0.3) is 11.0 Å². The van der Waals surface area contributed by atoms with Crippen LogP contribution < -0.4 is 4.74 Å². The molecule has 1 fully saturated rings. The Hall–Kier alpha value is -3.35. The van der Waals surface area contributed by atoms with Crippen LogP contribution in [0.4, 0.5) is 0 Å². The fourth-order valence-corrected chi connectivity index (χ4v) is 3.88. The van der Waals surface area contributed by atoms with Crippen molar-refractivity contribution < 1.29 is 19.4 Å². The van der Waals surface area contributed by atoms with E-state index in [4.69, 9.17) is 9.84 Å². The third kappa shape index (κ3) is 4.23. The highest BCUT2D eigenvalue weighted by Gasteiger charge is 2.31. The van der Waals surface area contributed by atoms with Gasteiger partial charge in [-0.15, -0.1) is 0 Å². The van der Waals surface area contributed by atoms with Gasteiger partial charge in [0.05, 0.1) is 17.5 Å². The number of benzene rings is 2. The number of fused-ring (bicyclic) bond motifs is 1. The molecule has 1 amide bonds. The van der Waals surface area contributed by atoms with Gasteiger partial charge in [-0.2, -0.15) is 0 Å². The number of para-hydroxylation sites is 3. The minimum Gasteiger partial charge on any atom is -0.486 e. The number of carbonyl (C=O) groups excluding carboxylic acids is 1. The first kappa shape index (κ1) is 19.0. The number of amides is 1. The van der Waals surface area contributed by atoms with E-state index in [0.29, 0.717) is 12.4 Å². The van der Waals surface area contributed by atoms with Crippen molar-refractivity contribution in [1.82, 2.24) is 14.5 Å². The second-order valence-corrected chi connectivity index (χ2v) is 7.19. The number of aromatic nitrogens is 2. The van der Waals surface area contributed by atoms with Crippen molar-refractivity contribution in [2.75, 3.05) is 6.54 Å². The minimum absolute atomic E-state index is 0.0135. The summed E-state index contributed by atoms with van der Waals surface area (Å²) < 4.78 is 7.73. The Morgan fingerprint density at radius 1 is 1.10 bits per heavy atom. The zero-order chi connectivity index (χ0) is 20.2. The highest BCUT2D eigenvalue weighted by atomic mass is 16.5. The number of nitrogens with zero attached hydrogens (tertiary/aromatic N) is 3. The summed E-state index contributed by atoms with van der Waals surface area (Å²) in [6.07, 6.45) is 1.55. The Bertz CT molecular complexity index is 1020. The smallest absolute Gasteiger partial charge is 0.305 e. The van der Waals surface area contributed by atoms with Gasteiger partial charge in [0.15, 0.2) is 0 Å². The Kier molecular flexibility index (Phi) is 5.46. The number of rotatable bonds is 7. The number of ether oxygens (including phenoxy) is 1. The molecule has 1 N–H and O–H groups in total. The van der Waals surface area contributed by atoms with Gasteiger partial charge in [-0.3, -0.25) is 9.59 Å². The van der Waals surface area contributed by atoms with Crippen LogP contribution in [0.3, 0.4) is 0 Å². The van der Waals surface area contributed by atoms with Crippen LogP contribution >= 0.6 is 0 Å². The first-order valence-corrected chi connectivity index (χ1v) is 9.75. The lowest BCUT2D eigenvalue weighted by molar-refractivity contribution is -0.140. The second kappa shape index (κ2) is 8.34. The highest BCUT2D eigenvalue weighted by Crippen LogP contribution is 2.23. The largest absolute Gasteiger partial charge is 0.486 e. The van der Waals surface area contributed by atoms with Gasteiger partial charge in [-0.1, -0.05) is 30.3 Å². The van der Waals surface area contributed by atoms with Gasteiger partial charge in [-0.25, -0.2) is 4.98 Å². The monoisotopic (exact) mass is 393 g/mol. The first-order chi connectivity index (χ1) is 14.1. The molecule has 29 heavy (non-hydrogen) atoms. The fourth-order valence-electron chi connectivity index (χ4n) is 3.88. The third-order valence-electron chi connectivity index (χ3n) is 5.25. The van der Waals surface area contributed by atoms with E-state index in [1.54, 1.807) is 4.90 Å². The van der Waals surface area contributed by atoms with Crippen LogP contribution in [0.2, 0.25) is 0 Å². The van der Waals surface area contributed by atoms with Gasteiger partial charge in [0.2, 0.25) is 5.91 Å². The molecule has 0 saturated carbocycles. The topological polar surface area (TPSA) is 84.7 Å². The maximum atomic E-state index is 13.0. The molecule has 4 rings (SSSR count). The quantitative estimate of drug-likeness (QED) is 0.667. The summed E-state index contributed by atoms with van der Waals surface area (Å²) >= 11 is 0. The molecule has 7 heteroatoms. The minimum atomic E-state index is -0.875. The SMILES string of the molecule is O=C(O)CC1CCCN1C(=O)Cn1c(COc2ccccc2)nc2ccccc21. The number of hydrogen-bond acceptors (Lipinski definition) is 4. The number of aliphatic carboxylic acids is 1. The molecule has 7 nitrogen and oxygen atoms in total. The van der Waals surface area contributed by atoms with Crippen LogP contribution in [-0.4, -0.2) is 44.0 Å². The Morgan fingerprint density at radius 3 is 2.66 bits per heavy atom. The average Bonchev–Trinajstić information content (AvgIpc) is 3.31. The van der Waals surface area contributed by atoms with Gasteiger partial charge in [0, 0.05) is 12.6 Å². The van der Waals surface area contributed by atoms with Crippen LogP contribution in [0.15, 0.2) is 54.6 Å². The summed E-state index contributed by atoms with van der Waals surface area (Å²) in [5.41, 5.74) is 1.66. The van der Waals surface area contributed by atoms with E-state index in [2.05, 4.69) is 4.98 Å². The lowest BCUT2D eigenvalue weighted by atomic mass is 10.1. The maximum absolute atomic E-state index is 13.0. The molecule has 1 aromatic heterocycles. The molecule has 0 bridgehead atoms. The first-order valence-electron chi connectivity index (χ1n) is 9.75. The average molecular weight is 393 g/mol. The lowest BCUT2D eigenvalue weighted by Crippen LogP contribution is -2.39. The van der Waals surface area contributed by atoms with Crippen LogP contribution in [0.5, 0.6) is 5.75 Å². The molecule has 150 valence electrons. The van der Waals surface area contributed by atoms with Crippen molar-refractivity contribution in [2.45, 2.75) is 38.5 Å². The summed E-state index contributed by atoms with van der Waals surface area (Å²) in [5, 5.41) is 9.12. The number of hydrogen-bond donors (Lipinski definition) is 1. The lowest BCUT2D eigenvalue weighted by Gasteiger charge is -2.24. The van der Waals surface area contributed by atoms with Gasteiger partial charge >= 0.3 is 5.97 Å². The van der Waals surface area contributed by atoms with E-state index in [1.807, 2.05) is 59.2 Å². The number of carboxylic acid groups (broad SMARTS) is 1. The van der Waals surface area contributed by atoms with E-state index in [0.717, 1.165) is 29.6 Å². The van der Waals surface area contributed by atoms with Crippen LogP contribution in [0.1, 0.15) is 25.1 Å². The van der Waals surface area contributed by atoms with Crippen LogP contribution in [-0.2, 0) is 22.7 Å². The Morgan fingerprint density at radius 2 is 1.86 bits per heavy atom. The molecule has 1 saturated heterocycles. The van der Waals surface area contributed by atoms with Crippen molar-refractivity contribution >= 4 is 22.9 Å². The molecule has 1 atom stereocenters. The molecule has 0 spiro atoms. The van der Waals surface area contributed by atoms with Gasteiger partial charge < -0.3 is 19.3 Å². The number of likely N-dealkylation sites (tertiary alicyclic amines) is 1. The number of imidazole rings is 1. The highest BCUT2D eigenvalue weighted by molar-refractivity contribution is 5.82. The molecule has 0 aliphatic carbocycles. The van der Waals surface area contributed by atoms with Crippen molar-refractivity contribution in [3.63, 3.8) is 0 Å². The standard InChI is InChI=1S/C22H23N3O4/c26-21(24-12-6-7-16(24)13-22(27)28)14-25-19-11-5-4-10-18(19)23-20(25)15-29-17-8-2-1-3-9-17/h1-5,8-11,16H,6-7,12-15H2,(H,27,28). The summed E-state index contributed by atoms with van der Waals surface area (Å²) in [7, 11) is 0. The molecule has 3 aromatic rings. The molecule has 1 aliphatic heterocycles. The maximum Gasteiger partial charge on any atom is 0.305 e. The molecule has 0 radical (unpaired) electrons. The Labute approximate surface area is 168 Å². The molecular weight excluding hydrogens is 370 g/mol. The molecule has 1 unspecified atom stereocenters. The fraction of sp³-hybridized carbons (Fsp3) is 0.318. The summed E-state index contributed by atoms with van der Waals surface area (Å²) in [4.78, 5) is 30.5. The zero-order valence-electron chi connectivity index (χ0n) is 16.0. The van der Waals surface area contributed by atoms with E-state index in [-0.39, 0.29) is 31.5 Å². The van der Waals surface area contributed by atoms with Crippen molar-refractivity contribution in [2.24, 2.45) is 0 Å². The summed E-state index contributed by atoms with van der Waals surface area (Å²) in [6, 6.07) is 16.9. The van der Waals surface area contributed by atoms with E-state index in [1.165, 1.54) is 0 Å². The van der Waals surface area contributed by atoms with Gasteiger partial charge in [-0.05, 0) is 37.1 Å². The van der Waals surface area contributed by atoms with Gasteiger partial charge in [0.1, 0.15) is 24.7 Å². The molecular formula is C22H23N3O4. The number of carboxylic acids is 1. The van der Waals surface area contributed by atoms with Crippen molar-refractivity contribution in [3.8, 4) is 5.75 Å². The van der Waals surface area contributed by atoms with Gasteiger partial charge in [0.25, 0.3) is 0 Å². The second-order valence-electron chi connectivity index (χ2n) is 7.19. The predicted octanol–water partition coefficient (Wildman–Crippen LogP) is 3.08. The van der Waals surface area contributed by atoms with E-state index in [9.17, 15) is 9.59 Å². The molecule has 1 aliphatic rings. The molecule has 2 heterocycles. The predicted molar refractivity (Wildman–Crippen MR) is 107 cm³/mol. The summed E-state index contributed by atoms with van der Waals surface area (Å²) in [6.45, 7) is 0.952. The molecule has 2 aromatic carbocycles. The van der Waals surface area contributed by atoms with E-state index >= 15 is 0 Å². The number of carbonyl (C=O) groups is 2. The summed E-state index contributed by atoms with van der Waals surface area (Å²) in [5.74, 6) is 0.438. The van der Waals surface area contributed by atoms with Crippen molar-refractivity contribution in [3.05, 3.63) is 60.4 Å².